The zero-order valence-corrected chi connectivity index (χ0v) is 16.6. The first-order chi connectivity index (χ1) is 13.2. The number of morpholine rings is 1. The molecule has 2 aromatic heterocycles. The number of nitrogens with one attached hydrogen (secondary N) is 3. The minimum atomic E-state index is 0.430. The van der Waals surface area contributed by atoms with Crippen molar-refractivity contribution in [3.05, 3.63) is 28.8 Å². The minimum absolute atomic E-state index is 0.430. The fraction of sp³-hybridized carbons (Fsp3) is 0.579. The van der Waals surface area contributed by atoms with Crippen molar-refractivity contribution in [2.24, 2.45) is 0 Å². The molecule has 0 aromatic carbocycles. The molecule has 2 aliphatic heterocycles. The van der Waals surface area contributed by atoms with E-state index < -0.39 is 0 Å². The lowest BCUT2D eigenvalue weighted by molar-refractivity contribution is 0.0342. The van der Waals surface area contributed by atoms with Gasteiger partial charge in [0.2, 0.25) is 0 Å². The molecule has 8 heteroatoms. The second-order valence-corrected chi connectivity index (χ2v) is 8.46. The van der Waals surface area contributed by atoms with Crippen molar-refractivity contribution in [1.29, 1.82) is 0 Å². The van der Waals surface area contributed by atoms with E-state index in [2.05, 4.69) is 44.9 Å². The summed E-state index contributed by atoms with van der Waals surface area (Å²) in [6.45, 7) is 8.66. The van der Waals surface area contributed by atoms with Gasteiger partial charge in [0.15, 0.2) is 5.13 Å². The molecule has 7 nitrogen and oxygen atoms in total. The number of nitrogens with zero attached hydrogens (tertiary/aromatic N) is 3. The highest BCUT2D eigenvalue weighted by Crippen LogP contribution is 2.24. The largest absolute Gasteiger partial charge is 0.379 e. The van der Waals surface area contributed by atoms with E-state index in [1.54, 1.807) is 11.3 Å². The monoisotopic (exact) mass is 388 g/mol. The third-order valence-electron chi connectivity index (χ3n) is 4.90. The molecule has 2 fully saturated rings. The standard InChI is InChI=1S/C19H28N6OS/c1-14-11-21-19(27-14)24-18-10-15(13-25-5-7-26-8-6-25)9-17(23-18)22-16-3-2-4-20-12-16/h9-11,16,20H,2-8,12-13H2,1H3,(H2,21,22,23,24). The van der Waals surface area contributed by atoms with Gasteiger partial charge in [0, 0.05) is 43.3 Å². The number of pyridine rings is 1. The van der Waals surface area contributed by atoms with Crippen LogP contribution >= 0.6 is 11.3 Å². The van der Waals surface area contributed by atoms with Crippen LogP contribution in [-0.2, 0) is 11.3 Å². The quantitative estimate of drug-likeness (QED) is 0.702. The molecule has 0 saturated carbocycles. The van der Waals surface area contributed by atoms with Crippen LogP contribution < -0.4 is 16.0 Å². The SMILES string of the molecule is Cc1cnc(Nc2cc(CN3CCOCC3)cc(NC3CCCNC3)n2)s1. The Morgan fingerprint density at radius 1 is 1.30 bits per heavy atom. The lowest BCUT2D eigenvalue weighted by Crippen LogP contribution is -2.38. The van der Waals surface area contributed by atoms with Gasteiger partial charge in [0.25, 0.3) is 0 Å². The fourth-order valence-electron chi connectivity index (χ4n) is 3.54. The Labute approximate surface area is 164 Å². The van der Waals surface area contributed by atoms with Crippen LogP contribution in [0.2, 0.25) is 0 Å². The molecule has 0 spiro atoms. The first-order valence-electron chi connectivity index (χ1n) is 9.72. The van der Waals surface area contributed by atoms with Crippen molar-refractivity contribution in [2.45, 2.75) is 32.4 Å². The number of rotatable bonds is 6. The average Bonchev–Trinajstić information content (AvgIpc) is 3.08. The van der Waals surface area contributed by atoms with E-state index in [-0.39, 0.29) is 0 Å². The fourth-order valence-corrected chi connectivity index (χ4v) is 4.21. The summed E-state index contributed by atoms with van der Waals surface area (Å²) in [5.41, 5.74) is 1.26. The molecule has 3 N–H and O–H groups in total. The maximum atomic E-state index is 5.47. The van der Waals surface area contributed by atoms with Gasteiger partial charge in [-0.05, 0) is 44.0 Å². The van der Waals surface area contributed by atoms with Crippen LogP contribution in [0.15, 0.2) is 18.3 Å². The summed E-state index contributed by atoms with van der Waals surface area (Å²) in [5, 5.41) is 11.3. The number of ether oxygens (including phenoxy) is 1. The molecule has 1 atom stereocenters. The van der Waals surface area contributed by atoms with E-state index in [4.69, 9.17) is 9.72 Å². The molecule has 4 heterocycles. The first-order valence-corrected chi connectivity index (χ1v) is 10.5. The van der Waals surface area contributed by atoms with E-state index in [9.17, 15) is 0 Å². The molecule has 0 amide bonds. The Morgan fingerprint density at radius 2 is 2.15 bits per heavy atom. The van der Waals surface area contributed by atoms with Gasteiger partial charge in [-0.3, -0.25) is 4.90 Å². The van der Waals surface area contributed by atoms with Gasteiger partial charge in [-0.25, -0.2) is 9.97 Å². The summed E-state index contributed by atoms with van der Waals surface area (Å²) in [4.78, 5) is 12.8. The van der Waals surface area contributed by atoms with E-state index >= 15 is 0 Å². The summed E-state index contributed by atoms with van der Waals surface area (Å²) in [7, 11) is 0. The number of anilines is 3. The maximum absolute atomic E-state index is 5.47. The van der Waals surface area contributed by atoms with Crippen molar-refractivity contribution in [2.75, 3.05) is 50.0 Å². The van der Waals surface area contributed by atoms with E-state index in [1.807, 2.05) is 6.20 Å². The van der Waals surface area contributed by atoms with Crippen molar-refractivity contribution < 1.29 is 4.74 Å². The van der Waals surface area contributed by atoms with E-state index in [1.165, 1.54) is 23.3 Å². The third kappa shape index (κ3) is 5.38. The van der Waals surface area contributed by atoms with Gasteiger partial charge in [-0.15, -0.1) is 11.3 Å². The Hall–Kier alpha value is -1.74. The Kier molecular flexibility index (Phi) is 6.18. The lowest BCUT2D eigenvalue weighted by Gasteiger charge is -2.27. The molecule has 0 bridgehead atoms. The highest BCUT2D eigenvalue weighted by atomic mass is 32.1. The minimum Gasteiger partial charge on any atom is -0.379 e. The van der Waals surface area contributed by atoms with E-state index in [0.717, 1.165) is 62.7 Å². The maximum Gasteiger partial charge on any atom is 0.188 e. The molecule has 2 aromatic rings. The highest BCUT2D eigenvalue weighted by molar-refractivity contribution is 7.15. The van der Waals surface area contributed by atoms with Gasteiger partial charge in [-0.1, -0.05) is 0 Å². The second-order valence-electron chi connectivity index (χ2n) is 7.22. The number of hydrogen-bond acceptors (Lipinski definition) is 8. The smallest absolute Gasteiger partial charge is 0.188 e. The Bertz CT molecular complexity index is 701. The zero-order chi connectivity index (χ0) is 18.5. The van der Waals surface area contributed by atoms with Gasteiger partial charge in [-0.2, -0.15) is 0 Å². The van der Waals surface area contributed by atoms with Crippen LogP contribution in [0.3, 0.4) is 0 Å². The van der Waals surface area contributed by atoms with Crippen molar-refractivity contribution in [3.8, 4) is 0 Å². The number of piperidine rings is 1. The molecule has 2 aliphatic rings. The van der Waals surface area contributed by atoms with Crippen LogP contribution in [-0.4, -0.2) is 60.3 Å². The average molecular weight is 389 g/mol. The van der Waals surface area contributed by atoms with Crippen LogP contribution in [0.5, 0.6) is 0 Å². The van der Waals surface area contributed by atoms with Gasteiger partial charge < -0.3 is 20.7 Å². The summed E-state index contributed by atoms with van der Waals surface area (Å²) < 4.78 is 5.47. The zero-order valence-electron chi connectivity index (χ0n) is 15.8. The van der Waals surface area contributed by atoms with Gasteiger partial charge >= 0.3 is 0 Å². The molecule has 2 saturated heterocycles. The topological polar surface area (TPSA) is 74.3 Å². The summed E-state index contributed by atoms with van der Waals surface area (Å²) in [6, 6.07) is 4.75. The molecule has 0 aliphatic carbocycles. The summed E-state index contributed by atoms with van der Waals surface area (Å²) in [5.74, 6) is 1.78. The van der Waals surface area contributed by atoms with Crippen LogP contribution in [0.25, 0.3) is 0 Å². The molecule has 0 radical (unpaired) electrons. The molecule has 4 rings (SSSR count). The molecule has 146 valence electrons. The molecular formula is C19H28N6OS. The molecule has 27 heavy (non-hydrogen) atoms. The lowest BCUT2D eigenvalue weighted by atomic mass is 10.1. The predicted octanol–water partition coefficient (Wildman–Crippen LogP) is 2.59. The Morgan fingerprint density at radius 3 is 2.89 bits per heavy atom. The number of thiazole rings is 1. The molecule has 1 unspecified atom stereocenters. The van der Waals surface area contributed by atoms with Crippen LogP contribution in [0.4, 0.5) is 16.8 Å². The second kappa shape index (κ2) is 8.97. The molecular weight excluding hydrogens is 360 g/mol. The van der Waals surface area contributed by atoms with Crippen LogP contribution in [0.1, 0.15) is 23.3 Å². The third-order valence-corrected chi connectivity index (χ3v) is 5.73. The summed E-state index contributed by atoms with van der Waals surface area (Å²) >= 11 is 1.65. The highest BCUT2D eigenvalue weighted by Gasteiger charge is 2.16. The number of hydrogen-bond donors (Lipinski definition) is 3. The number of aryl methyl sites for hydroxylation is 1. The van der Waals surface area contributed by atoms with E-state index in [0.29, 0.717) is 6.04 Å². The van der Waals surface area contributed by atoms with Crippen molar-refractivity contribution >= 4 is 28.1 Å². The predicted molar refractivity (Wildman–Crippen MR) is 110 cm³/mol. The van der Waals surface area contributed by atoms with Crippen molar-refractivity contribution in [3.63, 3.8) is 0 Å². The van der Waals surface area contributed by atoms with Gasteiger partial charge in [0.1, 0.15) is 11.6 Å². The summed E-state index contributed by atoms with van der Waals surface area (Å²) in [6.07, 6.45) is 4.27. The normalized spacial score (nSPS) is 21.1. The first kappa shape index (κ1) is 18.6. The van der Waals surface area contributed by atoms with Gasteiger partial charge in [0.05, 0.1) is 13.2 Å². The van der Waals surface area contributed by atoms with Crippen molar-refractivity contribution in [1.82, 2.24) is 20.2 Å². The Balaban J connectivity index is 1.52. The number of aromatic nitrogens is 2. The van der Waals surface area contributed by atoms with Crippen LogP contribution in [0, 0.1) is 6.92 Å².